The average Bonchev–Trinajstić information content (AvgIpc) is 2.38. The zero-order valence-electron chi connectivity index (χ0n) is 10.7. The van der Waals surface area contributed by atoms with Crippen LogP contribution in [0.4, 0.5) is 11.4 Å². The first kappa shape index (κ1) is 14.8. The smallest absolute Gasteiger partial charge is 0.178 e. The van der Waals surface area contributed by atoms with Crippen LogP contribution in [0, 0.1) is 0 Å². The Morgan fingerprint density at radius 1 is 1.11 bits per heavy atom. The Morgan fingerprint density at radius 2 is 1.78 bits per heavy atom. The molecule has 0 amide bonds. The number of hydrogen-bond acceptors (Lipinski definition) is 5. The largest absolute Gasteiger partial charge is 0.396 e. The van der Waals surface area contributed by atoms with Crippen LogP contribution in [0.1, 0.15) is 12.8 Å². The summed E-state index contributed by atoms with van der Waals surface area (Å²) in [4.78, 5) is 0.309. The first-order chi connectivity index (χ1) is 8.55. The zero-order valence-corrected chi connectivity index (χ0v) is 11.5. The van der Waals surface area contributed by atoms with Gasteiger partial charge in [0.05, 0.1) is 22.0 Å². The second kappa shape index (κ2) is 6.61. The monoisotopic (exact) mass is 272 g/mol. The zero-order chi connectivity index (χ0) is 13.6. The van der Waals surface area contributed by atoms with Crippen molar-refractivity contribution in [3.63, 3.8) is 0 Å². The minimum absolute atomic E-state index is 0.0238. The molecule has 5 nitrogen and oxygen atoms in total. The highest BCUT2D eigenvalue weighted by Crippen LogP contribution is 2.25. The summed E-state index contributed by atoms with van der Waals surface area (Å²) in [5, 5.41) is 14.6. The maximum atomic E-state index is 12.0. The summed E-state index contributed by atoms with van der Waals surface area (Å²) >= 11 is 0. The number of benzene rings is 1. The van der Waals surface area contributed by atoms with Crippen molar-refractivity contribution in [1.29, 1.82) is 0 Å². The molecule has 0 spiro atoms. The standard InChI is InChI=1S/C12H20N2O3S/c1-13-11-6-5-10(9-12(11)14-2)18(16,17)8-4-3-7-15/h5-6,9,13-15H,3-4,7-8H2,1-2H3. The number of aliphatic hydroxyl groups is 1. The van der Waals surface area contributed by atoms with E-state index in [-0.39, 0.29) is 12.4 Å². The van der Waals surface area contributed by atoms with Crippen LogP contribution in [0.15, 0.2) is 23.1 Å². The molecule has 0 saturated heterocycles. The van der Waals surface area contributed by atoms with Crippen LogP contribution in [0.25, 0.3) is 0 Å². The van der Waals surface area contributed by atoms with Gasteiger partial charge in [-0.25, -0.2) is 8.42 Å². The van der Waals surface area contributed by atoms with E-state index < -0.39 is 9.84 Å². The van der Waals surface area contributed by atoms with E-state index in [1.54, 1.807) is 32.3 Å². The van der Waals surface area contributed by atoms with Crippen LogP contribution >= 0.6 is 0 Å². The van der Waals surface area contributed by atoms with E-state index in [0.29, 0.717) is 17.7 Å². The normalized spacial score (nSPS) is 11.3. The lowest BCUT2D eigenvalue weighted by Crippen LogP contribution is -2.08. The summed E-state index contributed by atoms with van der Waals surface area (Å²) in [7, 11) is 0.263. The van der Waals surface area contributed by atoms with E-state index >= 15 is 0 Å². The fourth-order valence-corrected chi connectivity index (χ4v) is 3.06. The molecule has 0 unspecified atom stereocenters. The highest BCUT2D eigenvalue weighted by Gasteiger charge is 2.15. The van der Waals surface area contributed by atoms with Crippen molar-refractivity contribution in [1.82, 2.24) is 0 Å². The van der Waals surface area contributed by atoms with Gasteiger partial charge in [0.15, 0.2) is 9.84 Å². The van der Waals surface area contributed by atoms with Crippen LogP contribution < -0.4 is 10.6 Å². The second-order valence-corrected chi connectivity index (χ2v) is 6.07. The molecule has 0 aliphatic rings. The van der Waals surface area contributed by atoms with Gasteiger partial charge in [-0.1, -0.05) is 0 Å². The number of unbranched alkanes of at least 4 members (excludes halogenated alkanes) is 1. The van der Waals surface area contributed by atoms with Crippen LogP contribution in [0.3, 0.4) is 0 Å². The van der Waals surface area contributed by atoms with Crippen molar-refractivity contribution >= 4 is 21.2 Å². The third-order valence-electron chi connectivity index (χ3n) is 2.71. The Morgan fingerprint density at radius 3 is 2.33 bits per heavy atom. The van der Waals surface area contributed by atoms with E-state index in [9.17, 15) is 8.42 Å². The molecule has 1 rings (SSSR count). The van der Waals surface area contributed by atoms with Crippen molar-refractivity contribution in [2.45, 2.75) is 17.7 Å². The van der Waals surface area contributed by atoms with E-state index in [1.807, 2.05) is 0 Å². The lowest BCUT2D eigenvalue weighted by molar-refractivity contribution is 0.287. The van der Waals surface area contributed by atoms with Gasteiger partial charge in [0, 0.05) is 20.7 Å². The van der Waals surface area contributed by atoms with Crippen LogP contribution in [-0.2, 0) is 9.84 Å². The predicted molar refractivity (Wildman–Crippen MR) is 73.9 cm³/mol. The summed E-state index contributed by atoms with van der Waals surface area (Å²) < 4.78 is 24.1. The molecule has 0 atom stereocenters. The van der Waals surface area contributed by atoms with Crippen molar-refractivity contribution in [2.24, 2.45) is 0 Å². The minimum Gasteiger partial charge on any atom is -0.396 e. The molecule has 1 aromatic carbocycles. The highest BCUT2D eigenvalue weighted by molar-refractivity contribution is 7.91. The number of anilines is 2. The number of hydrogen-bond donors (Lipinski definition) is 3. The lowest BCUT2D eigenvalue weighted by Gasteiger charge is -2.11. The van der Waals surface area contributed by atoms with E-state index in [0.717, 1.165) is 11.4 Å². The topological polar surface area (TPSA) is 78.4 Å². The quantitative estimate of drug-likeness (QED) is 0.652. The Hall–Kier alpha value is -1.27. The number of rotatable bonds is 7. The molecular weight excluding hydrogens is 252 g/mol. The van der Waals surface area contributed by atoms with E-state index in [4.69, 9.17) is 5.11 Å². The van der Waals surface area contributed by atoms with Gasteiger partial charge in [-0.05, 0) is 31.0 Å². The van der Waals surface area contributed by atoms with Gasteiger partial charge in [-0.2, -0.15) is 0 Å². The molecule has 0 aliphatic carbocycles. The third-order valence-corrected chi connectivity index (χ3v) is 4.51. The molecule has 102 valence electrons. The van der Waals surface area contributed by atoms with Crippen molar-refractivity contribution in [3.05, 3.63) is 18.2 Å². The molecule has 0 radical (unpaired) electrons. The summed E-state index contributed by atoms with van der Waals surface area (Å²) in [6.45, 7) is 0.0238. The first-order valence-corrected chi connectivity index (χ1v) is 7.53. The van der Waals surface area contributed by atoms with Gasteiger partial charge in [-0.3, -0.25) is 0 Å². The molecule has 18 heavy (non-hydrogen) atoms. The third kappa shape index (κ3) is 3.61. The van der Waals surface area contributed by atoms with Gasteiger partial charge in [-0.15, -0.1) is 0 Å². The first-order valence-electron chi connectivity index (χ1n) is 5.88. The molecule has 0 fully saturated rings. The minimum atomic E-state index is -3.27. The molecular formula is C12H20N2O3S. The van der Waals surface area contributed by atoms with Crippen molar-refractivity contribution < 1.29 is 13.5 Å². The summed E-state index contributed by atoms with van der Waals surface area (Å²) in [5.74, 6) is 0.0651. The van der Waals surface area contributed by atoms with Gasteiger partial charge in [0.2, 0.25) is 0 Å². The van der Waals surface area contributed by atoms with E-state index in [1.165, 1.54) is 0 Å². The Bertz CT molecular complexity index is 486. The summed E-state index contributed by atoms with van der Waals surface area (Å²) in [5.41, 5.74) is 1.60. The van der Waals surface area contributed by atoms with Crippen LogP contribution in [0.2, 0.25) is 0 Å². The van der Waals surface area contributed by atoms with Crippen molar-refractivity contribution in [2.75, 3.05) is 37.1 Å². The van der Waals surface area contributed by atoms with Gasteiger partial charge >= 0.3 is 0 Å². The molecule has 0 aliphatic heterocycles. The average molecular weight is 272 g/mol. The SMILES string of the molecule is CNc1ccc(S(=O)(=O)CCCCO)cc1NC. The highest BCUT2D eigenvalue weighted by atomic mass is 32.2. The molecule has 0 saturated carbocycles. The fraction of sp³-hybridized carbons (Fsp3) is 0.500. The number of aliphatic hydroxyl groups excluding tert-OH is 1. The molecule has 3 N–H and O–H groups in total. The molecule has 0 heterocycles. The van der Waals surface area contributed by atoms with Crippen LogP contribution in [0.5, 0.6) is 0 Å². The number of sulfone groups is 1. The Kier molecular flexibility index (Phi) is 5.43. The van der Waals surface area contributed by atoms with E-state index in [2.05, 4.69) is 10.6 Å². The molecule has 6 heteroatoms. The fourth-order valence-electron chi connectivity index (χ4n) is 1.66. The summed E-state index contributed by atoms with van der Waals surface area (Å²) in [6.07, 6.45) is 0.980. The second-order valence-electron chi connectivity index (χ2n) is 3.96. The predicted octanol–water partition coefficient (Wildman–Crippen LogP) is 1.32. The van der Waals surface area contributed by atoms with Gasteiger partial charge in [0.25, 0.3) is 0 Å². The lowest BCUT2D eigenvalue weighted by atomic mass is 10.2. The number of nitrogens with one attached hydrogen (secondary N) is 2. The molecule has 1 aromatic rings. The summed E-state index contributed by atoms with van der Waals surface area (Å²) in [6, 6.07) is 4.96. The maximum absolute atomic E-state index is 12.0. The van der Waals surface area contributed by atoms with Crippen LogP contribution in [-0.4, -0.2) is 40.0 Å². The van der Waals surface area contributed by atoms with Gasteiger partial charge < -0.3 is 15.7 Å². The maximum Gasteiger partial charge on any atom is 0.178 e. The molecule has 0 aromatic heterocycles. The Labute approximate surface area is 108 Å². The van der Waals surface area contributed by atoms with Gasteiger partial charge in [0.1, 0.15) is 0 Å². The molecule has 0 bridgehead atoms. The van der Waals surface area contributed by atoms with Crippen molar-refractivity contribution in [3.8, 4) is 0 Å². The Balaban J connectivity index is 2.95.